The minimum absolute atomic E-state index is 0.00900. The smallest absolute Gasteiger partial charge is 0.305 e. The van der Waals surface area contributed by atoms with Crippen molar-refractivity contribution >= 4 is 5.97 Å². The Morgan fingerprint density at radius 3 is 1.43 bits per heavy atom. The minimum Gasteiger partial charge on any atom is -0.464 e. The SMILES string of the molecule is CCCCCCCCCCCCN(C)CCOC(=O)CCCCCCCCCCC. The minimum atomic E-state index is -0.00900. The topological polar surface area (TPSA) is 29.5 Å². The van der Waals surface area contributed by atoms with Crippen molar-refractivity contribution in [2.45, 2.75) is 142 Å². The molecule has 0 aromatic heterocycles. The Labute approximate surface area is 189 Å². The third kappa shape index (κ3) is 23.7. The number of nitrogens with zero attached hydrogens (tertiary/aromatic N) is 1. The molecule has 3 heteroatoms. The normalized spacial score (nSPS) is 11.3. The molecule has 0 saturated carbocycles. The van der Waals surface area contributed by atoms with Crippen molar-refractivity contribution in [1.29, 1.82) is 0 Å². The average molecular weight is 426 g/mol. The molecule has 0 aliphatic heterocycles. The van der Waals surface area contributed by atoms with Crippen molar-refractivity contribution in [1.82, 2.24) is 4.90 Å². The lowest BCUT2D eigenvalue weighted by Gasteiger charge is -2.16. The van der Waals surface area contributed by atoms with E-state index in [0.717, 1.165) is 19.5 Å². The van der Waals surface area contributed by atoms with Crippen LogP contribution in [0.2, 0.25) is 0 Å². The van der Waals surface area contributed by atoms with Crippen LogP contribution >= 0.6 is 0 Å². The van der Waals surface area contributed by atoms with Crippen LogP contribution in [0, 0.1) is 0 Å². The van der Waals surface area contributed by atoms with Crippen LogP contribution in [-0.4, -0.2) is 37.6 Å². The molecular weight excluding hydrogens is 370 g/mol. The third-order valence-corrected chi connectivity index (χ3v) is 6.11. The molecule has 30 heavy (non-hydrogen) atoms. The molecule has 0 unspecified atom stereocenters. The van der Waals surface area contributed by atoms with Crippen LogP contribution in [-0.2, 0) is 9.53 Å². The summed E-state index contributed by atoms with van der Waals surface area (Å²) < 4.78 is 5.40. The van der Waals surface area contributed by atoms with Crippen LogP contribution in [0.25, 0.3) is 0 Å². The van der Waals surface area contributed by atoms with Gasteiger partial charge in [0.1, 0.15) is 6.61 Å². The van der Waals surface area contributed by atoms with Gasteiger partial charge in [0.05, 0.1) is 0 Å². The van der Waals surface area contributed by atoms with E-state index in [1.165, 1.54) is 116 Å². The molecule has 0 spiro atoms. The molecule has 0 bridgehead atoms. The standard InChI is InChI=1S/C27H55NO2/c1-4-6-8-10-12-14-16-18-20-22-24-28(3)25-26-30-27(29)23-21-19-17-15-13-11-9-7-5-2/h4-26H2,1-3H3. The number of esters is 1. The molecule has 0 N–H and O–H groups in total. The summed E-state index contributed by atoms with van der Waals surface area (Å²) in [6.07, 6.45) is 25.9. The van der Waals surface area contributed by atoms with Crippen molar-refractivity contribution in [3.63, 3.8) is 0 Å². The molecule has 0 aromatic rings. The maximum Gasteiger partial charge on any atom is 0.305 e. The second kappa shape index (κ2) is 24.7. The van der Waals surface area contributed by atoms with E-state index < -0.39 is 0 Å². The number of rotatable bonds is 24. The van der Waals surface area contributed by atoms with Gasteiger partial charge in [-0.1, -0.05) is 123 Å². The van der Waals surface area contributed by atoms with Crippen molar-refractivity contribution in [2.75, 3.05) is 26.7 Å². The van der Waals surface area contributed by atoms with Gasteiger partial charge in [0.2, 0.25) is 0 Å². The van der Waals surface area contributed by atoms with Gasteiger partial charge >= 0.3 is 5.97 Å². The first-order valence-corrected chi connectivity index (χ1v) is 13.5. The number of unbranched alkanes of at least 4 members (excludes halogenated alkanes) is 17. The summed E-state index contributed by atoms with van der Waals surface area (Å²) in [5.74, 6) is -0.00900. The highest BCUT2D eigenvalue weighted by Crippen LogP contribution is 2.12. The molecule has 0 aliphatic rings. The molecule has 0 saturated heterocycles. The quantitative estimate of drug-likeness (QED) is 0.115. The van der Waals surface area contributed by atoms with Crippen LogP contribution in [0.3, 0.4) is 0 Å². The highest BCUT2D eigenvalue weighted by Gasteiger charge is 2.04. The third-order valence-electron chi connectivity index (χ3n) is 6.11. The maximum atomic E-state index is 11.8. The second-order valence-corrected chi connectivity index (χ2v) is 9.28. The van der Waals surface area contributed by atoms with Gasteiger partial charge in [-0.2, -0.15) is 0 Å². The zero-order chi connectivity index (χ0) is 22.1. The summed E-state index contributed by atoms with van der Waals surface area (Å²) >= 11 is 0. The largest absolute Gasteiger partial charge is 0.464 e. The molecule has 180 valence electrons. The zero-order valence-corrected chi connectivity index (χ0v) is 21.0. The van der Waals surface area contributed by atoms with Gasteiger partial charge in [-0.25, -0.2) is 0 Å². The highest BCUT2D eigenvalue weighted by atomic mass is 16.5. The Balaban J connectivity index is 3.29. The van der Waals surface area contributed by atoms with E-state index in [1.807, 2.05) is 0 Å². The zero-order valence-electron chi connectivity index (χ0n) is 21.0. The van der Waals surface area contributed by atoms with E-state index in [2.05, 4.69) is 25.8 Å². The molecule has 0 aliphatic carbocycles. The molecule has 0 heterocycles. The Morgan fingerprint density at radius 1 is 0.567 bits per heavy atom. The van der Waals surface area contributed by atoms with E-state index in [1.54, 1.807) is 0 Å². The van der Waals surface area contributed by atoms with Crippen LogP contribution in [0.5, 0.6) is 0 Å². The van der Waals surface area contributed by atoms with E-state index in [0.29, 0.717) is 13.0 Å². The van der Waals surface area contributed by atoms with Crippen LogP contribution in [0.1, 0.15) is 142 Å². The summed E-state index contributed by atoms with van der Waals surface area (Å²) in [7, 11) is 2.14. The average Bonchev–Trinajstić information content (AvgIpc) is 2.74. The fourth-order valence-electron chi connectivity index (χ4n) is 3.95. The van der Waals surface area contributed by atoms with E-state index >= 15 is 0 Å². The Morgan fingerprint density at radius 2 is 0.967 bits per heavy atom. The van der Waals surface area contributed by atoms with Crippen LogP contribution in [0.15, 0.2) is 0 Å². The van der Waals surface area contributed by atoms with Gasteiger partial charge in [0.25, 0.3) is 0 Å². The molecule has 0 rings (SSSR count). The monoisotopic (exact) mass is 425 g/mol. The van der Waals surface area contributed by atoms with Gasteiger partial charge in [-0.05, 0) is 26.4 Å². The molecule has 0 amide bonds. The summed E-state index contributed by atoms with van der Waals surface area (Å²) in [6.45, 7) is 7.06. The number of hydrogen-bond acceptors (Lipinski definition) is 3. The Kier molecular flexibility index (Phi) is 24.2. The molecule has 3 nitrogen and oxygen atoms in total. The summed E-state index contributed by atoms with van der Waals surface area (Å²) in [4.78, 5) is 14.1. The lowest BCUT2D eigenvalue weighted by molar-refractivity contribution is -0.144. The Bertz CT molecular complexity index is 346. The van der Waals surface area contributed by atoms with E-state index in [-0.39, 0.29) is 5.97 Å². The number of ether oxygens (including phenoxy) is 1. The predicted octanol–water partition coefficient (Wildman–Crippen LogP) is 8.30. The molecule has 0 radical (unpaired) electrons. The maximum absolute atomic E-state index is 11.8. The van der Waals surface area contributed by atoms with Gasteiger partial charge < -0.3 is 9.64 Å². The summed E-state index contributed by atoms with van der Waals surface area (Å²) in [6, 6.07) is 0. The number of carbonyl (C=O) groups excluding carboxylic acids is 1. The van der Waals surface area contributed by atoms with E-state index in [9.17, 15) is 4.79 Å². The first-order chi connectivity index (χ1) is 14.7. The van der Waals surface area contributed by atoms with Crippen molar-refractivity contribution in [3.05, 3.63) is 0 Å². The lowest BCUT2D eigenvalue weighted by atomic mass is 10.1. The first-order valence-electron chi connectivity index (χ1n) is 13.5. The molecule has 0 aromatic carbocycles. The molecular formula is C27H55NO2. The van der Waals surface area contributed by atoms with E-state index in [4.69, 9.17) is 4.74 Å². The van der Waals surface area contributed by atoms with Crippen molar-refractivity contribution in [3.8, 4) is 0 Å². The number of carbonyl (C=O) groups is 1. The van der Waals surface area contributed by atoms with Crippen molar-refractivity contribution in [2.24, 2.45) is 0 Å². The fourth-order valence-corrected chi connectivity index (χ4v) is 3.95. The van der Waals surface area contributed by atoms with Crippen molar-refractivity contribution < 1.29 is 9.53 Å². The van der Waals surface area contributed by atoms with Gasteiger partial charge in [-0.3, -0.25) is 4.79 Å². The number of hydrogen-bond donors (Lipinski definition) is 0. The predicted molar refractivity (Wildman–Crippen MR) is 132 cm³/mol. The highest BCUT2D eigenvalue weighted by molar-refractivity contribution is 5.69. The van der Waals surface area contributed by atoms with Crippen LogP contribution in [0.4, 0.5) is 0 Å². The molecule has 0 atom stereocenters. The van der Waals surface area contributed by atoms with Gasteiger partial charge in [-0.15, -0.1) is 0 Å². The van der Waals surface area contributed by atoms with Crippen LogP contribution < -0.4 is 0 Å². The second-order valence-electron chi connectivity index (χ2n) is 9.28. The van der Waals surface area contributed by atoms with Gasteiger partial charge in [0, 0.05) is 13.0 Å². The summed E-state index contributed by atoms with van der Waals surface area (Å²) in [5.41, 5.74) is 0. The number of likely N-dealkylation sites (N-methyl/N-ethyl adjacent to an activating group) is 1. The Hall–Kier alpha value is -0.570. The lowest BCUT2D eigenvalue weighted by Crippen LogP contribution is -2.25. The summed E-state index contributed by atoms with van der Waals surface area (Å²) in [5, 5.41) is 0. The first kappa shape index (κ1) is 29.4. The van der Waals surface area contributed by atoms with Gasteiger partial charge in [0.15, 0.2) is 0 Å². The molecule has 0 fully saturated rings. The fraction of sp³-hybridized carbons (Fsp3) is 0.963.